The topological polar surface area (TPSA) is 41.1 Å². The summed E-state index contributed by atoms with van der Waals surface area (Å²) in [4.78, 5) is 13.2. The smallest absolute Gasteiger partial charge is 0.163 e. The van der Waals surface area contributed by atoms with Crippen LogP contribution in [-0.2, 0) is 4.79 Å². The van der Waals surface area contributed by atoms with Gasteiger partial charge in [0.2, 0.25) is 0 Å². The van der Waals surface area contributed by atoms with Gasteiger partial charge in [-0.1, -0.05) is 49.2 Å². The fraction of sp³-hybridized carbons (Fsp3) is 0.318. The maximum Gasteiger partial charge on any atom is 0.163 e. The third kappa shape index (κ3) is 3.35. The molecule has 27 heavy (non-hydrogen) atoms. The van der Waals surface area contributed by atoms with Gasteiger partial charge < -0.3 is 10.6 Å². The van der Waals surface area contributed by atoms with E-state index in [0.29, 0.717) is 16.5 Å². The number of halogens is 2. The molecule has 0 bridgehead atoms. The molecule has 3 nitrogen and oxygen atoms in total. The lowest BCUT2D eigenvalue weighted by Crippen LogP contribution is -2.31. The number of rotatable bonds is 1. The van der Waals surface area contributed by atoms with Crippen LogP contribution in [0, 0.1) is 12.3 Å². The summed E-state index contributed by atoms with van der Waals surface area (Å²) in [5.74, 6) is 0.131. The molecule has 0 saturated carbocycles. The summed E-state index contributed by atoms with van der Waals surface area (Å²) in [6.07, 6.45) is 1.30. The number of fused-ring (bicyclic) bond motifs is 1. The predicted molar refractivity (Wildman–Crippen MR) is 113 cm³/mol. The van der Waals surface area contributed by atoms with Gasteiger partial charge in [0.15, 0.2) is 5.78 Å². The molecule has 1 atom stereocenters. The van der Waals surface area contributed by atoms with Crippen LogP contribution in [-0.4, -0.2) is 5.78 Å². The van der Waals surface area contributed by atoms with Crippen molar-refractivity contribution in [2.24, 2.45) is 5.41 Å². The van der Waals surface area contributed by atoms with Gasteiger partial charge in [-0.15, -0.1) is 0 Å². The van der Waals surface area contributed by atoms with Gasteiger partial charge in [-0.05, 0) is 48.6 Å². The number of hydrogen-bond acceptors (Lipinski definition) is 3. The Bertz CT molecular complexity index is 958. The monoisotopic (exact) mass is 400 g/mol. The van der Waals surface area contributed by atoms with Gasteiger partial charge in [0, 0.05) is 33.3 Å². The number of aryl methyl sites for hydroxylation is 1. The van der Waals surface area contributed by atoms with Crippen molar-refractivity contribution in [3.8, 4) is 0 Å². The molecule has 1 aliphatic carbocycles. The van der Waals surface area contributed by atoms with Crippen LogP contribution in [0.15, 0.2) is 47.7 Å². The number of nitrogens with one attached hydrogen (secondary N) is 2. The molecule has 4 rings (SSSR count). The van der Waals surface area contributed by atoms with Crippen LogP contribution in [0.25, 0.3) is 0 Å². The van der Waals surface area contributed by atoms with Crippen LogP contribution >= 0.6 is 23.2 Å². The Labute approximate surface area is 169 Å². The number of carbonyl (C=O) groups is 1. The minimum Gasteiger partial charge on any atom is -0.372 e. The second-order valence-corrected chi connectivity index (χ2v) is 9.03. The first-order valence-electron chi connectivity index (χ1n) is 9.09. The van der Waals surface area contributed by atoms with Crippen LogP contribution < -0.4 is 10.6 Å². The minimum absolute atomic E-state index is 0.0903. The molecular weight excluding hydrogens is 379 g/mol. The lowest BCUT2D eigenvalue weighted by atomic mass is 9.73. The molecule has 1 heterocycles. The summed E-state index contributed by atoms with van der Waals surface area (Å²) >= 11 is 13.1. The summed E-state index contributed by atoms with van der Waals surface area (Å²) in [6, 6.07) is 11.3. The van der Waals surface area contributed by atoms with E-state index >= 15 is 0 Å². The molecule has 2 N–H and O–H groups in total. The van der Waals surface area contributed by atoms with Crippen LogP contribution in [0.1, 0.15) is 43.9 Å². The summed E-state index contributed by atoms with van der Waals surface area (Å²) < 4.78 is 0. The van der Waals surface area contributed by atoms with Crippen LogP contribution in [0.2, 0.25) is 10.0 Å². The average molecular weight is 401 g/mol. The SMILES string of the molecule is Cc1ccc2c(c1)N[C@@H](c1c(Cl)cccc1Cl)C1=C(CC(C)(C)CC1=O)N2. The Balaban J connectivity index is 1.95. The van der Waals surface area contributed by atoms with E-state index in [0.717, 1.165) is 40.2 Å². The number of hydrogen-bond donors (Lipinski definition) is 2. The van der Waals surface area contributed by atoms with E-state index in [1.54, 1.807) is 0 Å². The molecule has 0 fully saturated rings. The van der Waals surface area contributed by atoms with Gasteiger partial charge in [0.1, 0.15) is 0 Å². The van der Waals surface area contributed by atoms with Gasteiger partial charge in [-0.25, -0.2) is 0 Å². The second kappa shape index (κ2) is 6.57. The maximum absolute atomic E-state index is 13.2. The molecule has 0 aromatic heterocycles. The third-order valence-corrected chi connectivity index (χ3v) is 5.92. The molecular formula is C22H22Cl2N2O. The van der Waals surface area contributed by atoms with Crippen molar-refractivity contribution in [3.05, 3.63) is 68.8 Å². The average Bonchev–Trinajstić information content (AvgIpc) is 2.69. The highest BCUT2D eigenvalue weighted by Gasteiger charge is 2.39. The van der Waals surface area contributed by atoms with E-state index < -0.39 is 0 Å². The molecule has 0 amide bonds. The van der Waals surface area contributed by atoms with E-state index in [1.807, 2.05) is 31.2 Å². The van der Waals surface area contributed by atoms with Gasteiger partial charge in [-0.2, -0.15) is 0 Å². The molecule has 0 saturated heterocycles. The standard InChI is InChI=1S/C22H22Cl2N2O/c1-12-7-8-15-16(9-12)26-21(19-13(23)5-4-6-14(19)24)20-17(25-15)10-22(2,3)11-18(20)27/h4-9,21,25-26H,10-11H2,1-3H3/t21-/m0/s1. The van der Waals surface area contributed by atoms with E-state index in [2.05, 4.69) is 36.6 Å². The summed E-state index contributed by atoms with van der Waals surface area (Å²) in [7, 11) is 0. The number of ketones is 1. The third-order valence-electron chi connectivity index (χ3n) is 5.26. The largest absolute Gasteiger partial charge is 0.372 e. The lowest BCUT2D eigenvalue weighted by Gasteiger charge is -2.34. The van der Waals surface area contributed by atoms with Gasteiger partial charge >= 0.3 is 0 Å². The summed E-state index contributed by atoms with van der Waals surface area (Å²) in [6.45, 7) is 6.30. The number of Topliss-reactive ketones (excluding diaryl/α,β-unsaturated/α-hetero) is 1. The Morgan fingerprint density at radius 1 is 1.04 bits per heavy atom. The molecule has 140 valence electrons. The van der Waals surface area contributed by atoms with Crippen molar-refractivity contribution in [1.29, 1.82) is 0 Å². The Kier molecular flexibility index (Phi) is 4.48. The van der Waals surface area contributed by atoms with Gasteiger partial charge in [-0.3, -0.25) is 4.79 Å². The van der Waals surface area contributed by atoms with Crippen molar-refractivity contribution in [3.63, 3.8) is 0 Å². The van der Waals surface area contributed by atoms with Crippen molar-refractivity contribution in [1.82, 2.24) is 0 Å². The van der Waals surface area contributed by atoms with E-state index in [-0.39, 0.29) is 17.2 Å². The fourth-order valence-electron chi connectivity index (χ4n) is 4.06. The molecule has 2 aromatic carbocycles. The zero-order chi connectivity index (χ0) is 19.3. The van der Waals surface area contributed by atoms with E-state index in [9.17, 15) is 4.79 Å². The van der Waals surface area contributed by atoms with Crippen LogP contribution in [0.3, 0.4) is 0 Å². The highest BCUT2D eigenvalue weighted by atomic mass is 35.5. The van der Waals surface area contributed by atoms with Crippen molar-refractivity contribution >= 4 is 40.4 Å². The highest BCUT2D eigenvalue weighted by molar-refractivity contribution is 6.36. The molecule has 2 aliphatic rings. The predicted octanol–water partition coefficient (Wildman–Crippen LogP) is 6.52. The lowest BCUT2D eigenvalue weighted by molar-refractivity contribution is -0.118. The number of benzene rings is 2. The van der Waals surface area contributed by atoms with Crippen molar-refractivity contribution < 1.29 is 4.79 Å². The number of anilines is 2. The van der Waals surface area contributed by atoms with Crippen LogP contribution in [0.4, 0.5) is 11.4 Å². The molecule has 0 spiro atoms. The number of allylic oxidation sites excluding steroid dienone is 1. The summed E-state index contributed by atoms with van der Waals surface area (Å²) in [5.41, 5.74) is 5.38. The fourth-order valence-corrected chi connectivity index (χ4v) is 4.68. The first kappa shape index (κ1) is 18.4. The second-order valence-electron chi connectivity index (χ2n) is 8.22. The van der Waals surface area contributed by atoms with Crippen LogP contribution in [0.5, 0.6) is 0 Å². The first-order chi connectivity index (χ1) is 12.7. The Morgan fingerprint density at radius 2 is 1.74 bits per heavy atom. The zero-order valence-corrected chi connectivity index (χ0v) is 17.1. The van der Waals surface area contributed by atoms with Gasteiger partial charge in [0.25, 0.3) is 0 Å². The van der Waals surface area contributed by atoms with E-state index in [4.69, 9.17) is 23.2 Å². The van der Waals surface area contributed by atoms with Gasteiger partial charge in [0.05, 0.1) is 17.4 Å². The molecule has 0 unspecified atom stereocenters. The molecule has 5 heteroatoms. The minimum atomic E-state index is -0.389. The Morgan fingerprint density at radius 3 is 2.44 bits per heavy atom. The van der Waals surface area contributed by atoms with E-state index in [1.165, 1.54) is 0 Å². The molecule has 0 radical (unpaired) electrons. The quantitative estimate of drug-likeness (QED) is 0.571. The first-order valence-corrected chi connectivity index (χ1v) is 9.85. The molecule has 2 aromatic rings. The molecule has 1 aliphatic heterocycles. The maximum atomic E-state index is 13.2. The Hall–Kier alpha value is -1.97. The zero-order valence-electron chi connectivity index (χ0n) is 15.6. The van der Waals surface area contributed by atoms with Crippen molar-refractivity contribution in [2.75, 3.05) is 10.6 Å². The summed E-state index contributed by atoms with van der Waals surface area (Å²) in [5, 5.41) is 8.18. The van der Waals surface area contributed by atoms with Crippen molar-refractivity contribution in [2.45, 2.75) is 39.7 Å². The highest BCUT2D eigenvalue weighted by Crippen LogP contribution is 2.47. The normalized spacial score (nSPS) is 20.9. The number of carbonyl (C=O) groups excluding carboxylic acids is 1.